The molecule has 1 aromatic carbocycles. The van der Waals surface area contributed by atoms with Gasteiger partial charge in [0, 0.05) is 11.4 Å². The Labute approximate surface area is 95.4 Å². The summed E-state index contributed by atoms with van der Waals surface area (Å²) in [6.07, 6.45) is 5.91. The van der Waals surface area contributed by atoms with E-state index < -0.39 is 0 Å². The smallest absolute Gasteiger partial charge is 0.0790 e. The highest BCUT2D eigenvalue weighted by Gasteiger charge is 2.14. The van der Waals surface area contributed by atoms with Crippen LogP contribution >= 0.6 is 11.6 Å². The number of aliphatic hydroxyl groups is 1. The minimum Gasteiger partial charge on any atom is -0.388 e. The van der Waals surface area contributed by atoms with Crippen molar-refractivity contribution < 1.29 is 5.11 Å². The van der Waals surface area contributed by atoms with Crippen LogP contribution in [0.3, 0.4) is 0 Å². The Bertz CT molecular complexity index is 353. The van der Waals surface area contributed by atoms with Gasteiger partial charge in [0.2, 0.25) is 0 Å². The van der Waals surface area contributed by atoms with Crippen molar-refractivity contribution in [3.8, 4) is 0 Å². The van der Waals surface area contributed by atoms with E-state index in [0.717, 1.165) is 23.4 Å². The average Bonchev–Trinajstić information content (AvgIpc) is 2.74. The summed E-state index contributed by atoms with van der Waals surface area (Å²) < 4.78 is 0. The highest BCUT2D eigenvalue weighted by molar-refractivity contribution is 6.30. The van der Waals surface area contributed by atoms with E-state index in [2.05, 4.69) is 6.08 Å². The zero-order chi connectivity index (χ0) is 10.7. The second-order valence-electron chi connectivity index (χ2n) is 4.02. The van der Waals surface area contributed by atoms with E-state index in [1.807, 2.05) is 24.3 Å². The molecule has 15 heavy (non-hydrogen) atoms. The number of hydrogen-bond donors (Lipinski definition) is 1. The normalized spacial score (nSPS) is 17.6. The number of aliphatic hydroxyl groups excluding tert-OH is 1. The highest BCUT2D eigenvalue weighted by Crippen LogP contribution is 2.23. The molecule has 0 amide bonds. The molecule has 1 N–H and O–H groups in total. The fourth-order valence-corrected chi connectivity index (χ4v) is 2.10. The van der Waals surface area contributed by atoms with Crippen LogP contribution in [0.5, 0.6) is 0 Å². The van der Waals surface area contributed by atoms with Crippen molar-refractivity contribution >= 4 is 11.6 Å². The van der Waals surface area contributed by atoms with E-state index in [9.17, 15) is 5.11 Å². The van der Waals surface area contributed by atoms with Gasteiger partial charge >= 0.3 is 0 Å². The molecule has 1 atom stereocenters. The van der Waals surface area contributed by atoms with Crippen molar-refractivity contribution in [3.05, 3.63) is 46.5 Å². The number of halogens is 1. The van der Waals surface area contributed by atoms with E-state index in [0.29, 0.717) is 6.42 Å². The summed E-state index contributed by atoms with van der Waals surface area (Å²) in [6, 6.07) is 7.68. The molecular weight excluding hydrogens is 208 g/mol. The highest BCUT2D eigenvalue weighted by atomic mass is 35.5. The molecule has 0 saturated heterocycles. The minimum atomic E-state index is -0.311. The standard InChI is InChI=1S/C13H15ClO/c14-12-7-5-10(6-8-12)9-13(15)11-3-1-2-4-11/h3,5-8,13,15H,1-2,4,9H2. The summed E-state index contributed by atoms with van der Waals surface area (Å²) in [5, 5.41) is 10.7. The molecule has 0 heterocycles. The Balaban J connectivity index is 1.99. The van der Waals surface area contributed by atoms with Gasteiger partial charge in [-0.3, -0.25) is 0 Å². The lowest BCUT2D eigenvalue weighted by Crippen LogP contribution is -2.12. The maximum Gasteiger partial charge on any atom is 0.0790 e. The Hall–Kier alpha value is -0.790. The summed E-state index contributed by atoms with van der Waals surface area (Å²) in [7, 11) is 0. The van der Waals surface area contributed by atoms with E-state index >= 15 is 0 Å². The predicted octanol–water partition coefficient (Wildman–Crippen LogP) is 3.35. The molecule has 0 bridgehead atoms. The van der Waals surface area contributed by atoms with Crippen LogP contribution in [0.2, 0.25) is 5.02 Å². The van der Waals surface area contributed by atoms with Gasteiger partial charge in [-0.25, -0.2) is 0 Å². The number of benzene rings is 1. The van der Waals surface area contributed by atoms with E-state index in [-0.39, 0.29) is 6.10 Å². The molecule has 0 spiro atoms. The van der Waals surface area contributed by atoms with Crippen molar-refractivity contribution in [1.82, 2.24) is 0 Å². The maximum absolute atomic E-state index is 9.97. The minimum absolute atomic E-state index is 0.311. The first-order valence-electron chi connectivity index (χ1n) is 5.37. The third-order valence-electron chi connectivity index (χ3n) is 2.85. The molecule has 1 aromatic rings. The van der Waals surface area contributed by atoms with Gasteiger partial charge in [-0.2, -0.15) is 0 Å². The van der Waals surface area contributed by atoms with Crippen LogP contribution in [0, 0.1) is 0 Å². The molecule has 0 aromatic heterocycles. The molecule has 80 valence electrons. The Morgan fingerprint density at radius 2 is 2.00 bits per heavy atom. The van der Waals surface area contributed by atoms with Crippen molar-refractivity contribution in [1.29, 1.82) is 0 Å². The van der Waals surface area contributed by atoms with Gasteiger partial charge in [0.25, 0.3) is 0 Å². The van der Waals surface area contributed by atoms with Gasteiger partial charge in [-0.15, -0.1) is 0 Å². The monoisotopic (exact) mass is 222 g/mol. The van der Waals surface area contributed by atoms with Gasteiger partial charge < -0.3 is 5.11 Å². The van der Waals surface area contributed by atoms with Crippen molar-refractivity contribution in [2.45, 2.75) is 31.8 Å². The van der Waals surface area contributed by atoms with Crippen molar-refractivity contribution in [3.63, 3.8) is 0 Å². The fourth-order valence-electron chi connectivity index (χ4n) is 1.97. The molecule has 1 aliphatic rings. The molecule has 0 aliphatic heterocycles. The zero-order valence-electron chi connectivity index (χ0n) is 8.62. The average molecular weight is 223 g/mol. The summed E-state index contributed by atoms with van der Waals surface area (Å²) >= 11 is 5.80. The van der Waals surface area contributed by atoms with Gasteiger partial charge in [0.15, 0.2) is 0 Å². The van der Waals surface area contributed by atoms with E-state index in [4.69, 9.17) is 11.6 Å². The van der Waals surface area contributed by atoms with Crippen molar-refractivity contribution in [2.75, 3.05) is 0 Å². The van der Waals surface area contributed by atoms with Crippen LogP contribution in [0.15, 0.2) is 35.9 Å². The second-order valence-corrected chi connectivity index (χ2v) is 4.45. The van der Waals surface area contributed by atoms with Crippen LogP contribution < -0.4 is 0 Å². The third kappa shape index (κ3) is 2.83. The lowest BCUT2D eigenvalue weighted by atomic mass is 10.0. The van der Waals surface area contributed by atoms with Crippen LogP contribution in [0.25, 0.3) is 0 Å². The zero-order valence-corrected chi connectivity index (χ0v) is 9.37. The van der Waals surface area contributed by atoms with Crippen molar-refractivity contribution in [2.24, 2.45) is 0 Å². The largest absolute Gasteiger partial charge is 0.388 e. The molecule has 0 radical (unpaired) electrons. The van der Waals surface area contributed by atoms with Crippen LogP contribution in [-0.4, -0.2) is 11.2 Å². The summed E-state index contributed by atoms with van der Waals surface area (Å²) in [5.74, 6) is 0. The first kappa shape index (κ1) is 10.7. The number of hydrogen-bond acceptors (Lipinski definition) is 1. The molecule has 1 unspecified atom stereocenters. The SMILES string of the molecule is OC(Cc1ccc(Cl)cc1)C1=CCCC1. The number of rotatable bonds is 3. The first-order valence-corrected chi connectivity index (χ1v) is 5.75. The lowest BCUT2D eigenvalue weighted by molar-refractivity contribution is 0.208. The summed E-state index contributed by atoms with van der Waals surface area (Å²) in [4.78, 5) is 0. The van der Waals surface area contributed by atoms with Gasteiger partial charge in [0.05, 0.1) is 6.10 Å². The van der Waals surface area contributed by atoms with Gasteiger partial charge in [-0.05, 0) is 42.5 Å². The number of allylic oxidation sites excluding steroid dienone is 1. The van der Waals surface area contributed by atoms with E-state index in [1.165, 1.54) is 12.0 Å². The molecule has 0 fully saturated rings. The Morgan fingerprint density at radius 1 is 1.27 bits per heavy atom. The quantitative estimate of drug-likeness (QED) is 0.778. The molecular formula is C13H15ClO. The summed E-state index contributed by atoms with van der Waals surface area (Å²) in [5.41, 5.74) is 2.34. The molecule has 0 saturated carbocycles. The molecule has 2 rings (SSSR count). The summed E-state index contributed by atoms with van der Waals surface area (Å²) in [6.45, 7) is 0. The lowest BCUT2D eigenvalue weighted by Gasteiger charge is -2.11. The first-order chi connectivity index (χ1) is 7.25. The second kappa shape index (κ2) is 4.82. The van der Waals surface area contributed by atoms with Gasteiger partial charge in [-0.1, -0.05) is 29.8 Å². The fraction of sp³-hybridized carbons (Fsp3) is 0.385. The van der Waals surface area contributed by atoms with Crippen LogP contribution in [0.1, 0.15) is 24.8 Å². The Kier molecular flexibility index (Phi) is 3.45. The topological polar surface area (TPSA) is 20.2 Å². The van der Waals surface area contributed by atoms with Crippen LogP contribution in [0.4, 0.5) is 0 Å². The molecule has 2 heteroatoms. The molecule has 1 aliphatic carbocycles. The van der Waals surface area contributed by atoms with Gasteiger partial charge in [0.1, 0.15) is 0 Å². The third-order valence-corrected chi connectivity index (χ3v) is 3.10. The maximum atomic E-state index is 9.97. The predicted molar refractivity (Wildman–Crippen MR) is 63.1 cm³/mol. The Morgan fingerprint density at radius 3 is 2.60 bits per heavy atom. The van der Waals surface area contributed by atoms with E-state index in [1.54, 1.807) is 0 Å². The van der Waals surface area contributed by atoms with Crippen LogP contribution in [-0.2, 0) is 6.42 Å². The molecule has 1 nitrogen and oxygen atoms in total.